The molecule has 124 valence electrons. The van der Waals surface area contributed by atoms with Crippen LogP contribution in [-0.2, 0) is 27.4 Å². The molecule has 0 saturated carbocycles. The minimum Gasteiger partial charge on any atom is -0.465 e. The maximum absolute atomic E-state index is 12.4. The number of furan rings is 1. The van der Waals surface area contributed by atoms with Crippen LogP contribution in [-0.4, -0.2) is 53.0 Å². The monoisotopic (exact) mass is 326 g/mol. The zero-order valence-corrected chi connectivity index (χ0v) is 14.4. The fourth-order valence-corrected chi connectivity index (χ4v) is 5.33. The summed E-state index contributed by atoms with van der Waals surface area (Å²) in [5.74, 6) is 3.40. The summed E-state index contributed by atoms with van der Waals surface area (Å²) < 4.78 is 28.4. The predicted molar refractivity (Wildman–Crippen MR) is 87.5 cm³/mol. The molecule has 1 spiro atoms. The first-order valence-corrected chi connectivity index (χ1v) is 9.96. The highest BCUT2D eigenvalue weighted by molar-refractivity contribution is 7.93. The highest BCUT2D eigenvalue weighted by atomic mass is 32.2. The Morgan fingerprint density at radius 2 is 2.05 bits per heavy atom. The normalized spacial score (nSPS) is 33.2. The second-order valence-electron chi connectivity index (χ2n) is 6.33. The summed E-state index contributed by atoms with van der Waals surface area (Å²) >= 11 is 0. The Morgan fingerprint density at radius 1 is 1.32 bits per heavy atom. The molecular formula is C16H26N2O3S. The number of morpholine rings is 1. The van der Waals surface area contributed by atoms with E-state index in [2.05, 4.69) is 28.3 Å². The van der Waals surface area contributed by atoms with Crippen LogP contribution in [0.5, 0.6) is 0 Å². The largest absolute Gasteiger partial charge is 0.465 e. The third-order valence-corrected chi connectivity index (χ3v) is 7.21. The molecule has 0 aliphatic carbocycles. The number of ether oxygens (including phenoxy) is 1. The number of hydrogen-bond acceptors (Lipinski definition) is 5. The molecule has 0 amide bonds. The first-order valence-electron chi connectivity index (χ1n) is 8.11. The van der Waals surface area contributed by atoms with E-state index in [4.69, 9.17) is 9.15 Å². The Kier molecular flexibility index (Phi) is 4.61. The Balaban J connectivity index is 1.63. The standard InChI is InChI=1S/C16H26N2O3S/c1-3-14-4-5-15(21-14)12-18-8-9-20-16(13-18)6-10-22(19,17-2)11-7-16/h4-5H,3,6-13H2,1-2H3. The van der Waals surface area contributed by atoms with Crippen LogP contribution >= 0.6 is 0 Å². The van der Waals surface area contributed by atoms with Crippen molar-refractivity contribution in [2.45, 2.75) is 38.3 Å². The van der Waals surface area contributed by atoms with Crippen LogP contribution in [0.3, 0.4) is 0 Å². The summed E-state index contributed by atoms with van der Waals surface area (Å²) in [6.45, 7) is 5.50. The van der Waals surface area contributed by atoms with Crippen molar-refractivity contribution in [1.82, 2.24) is 4.90 Å². The molecular weight excluding hydrogens is 300 g/mol. The molecule has 1 aromatic heterocycles. The topological polar surface area (TPSA) is 55.0 Å². The molecule has 22 heavy (non-hydrogen) atoms. The van der Waals surface area contributed by atoms with Crippen LogP contribution in [0.15, 0.2) is 20.9 Å². The molecule has 0 bridgehead atoms. The summed E-state index contributed by atoms with van der Waals surface area (Å²) in [7, 11) is -0.295. The molecule has 2 aliphatic heterocycles. The second-order valence-corrected chi connectivity index (χ2v) is 9.05. The minimum atomic E-state index is -1.97. The van der Waals surface area contributed by atoms with Gasteiger partial charge in [-0.15, -0.1) is 0 Å². The average molecular weight is 326 g/mol. The minimum absolute atomic E-state index is 0.135. The summed E-state index contributed by atoms with van der Waals surface area (Å²) in [6, 6.07) is 4.13. The molecule has 1 aromatic rings. The van der Waals surface area contributed by atoms with E-state index in [9.17, 15) is 4.21 Å². The van der Waals surface area contributed by atoms with Gasteiger partial charge in [0.15, 0.2) is 0 Å². The van der Waals surface area contributed by atoms with Gasteiger partial charge in [-0.2, -0.15) is 0 Å². The van der Waals surface area contributed by atoms with Crippen molar-refractivity contribution in [1.29, 1.82) is 0 Å². The van der Waals surface area contributed by atoms with Crippen molar-refractivity contribution in [3.63, 3.8) is 0 Å². The van der Waals surface area contributed by atoms with E-state index in [1.165, 1.54) is 0 Å². The van der Waals surface area contributed by atoms with Crippen molar-refractivity contribution in [2.75, 3.05) is 38.2 Å². The third-order valence-electron chi connectivity index (χ3n) is 4.86. The van der Waals surface area contributed by atoms with Crippen molar-refractivity contribution in [2.24, 2.45) is 4.36 Å². The number of nitrogens with zero attached hydrogens (tertiary/aromatic N) is 2. The lowest BCUT2D eigenvalue weighted by Gasteiger charge is -2.45. The Morgan fingerprint density at radius 3 is 2.68 bits per heavy atom. The maximum atomic E-state index is 12.4. The van der Waals surface area contributed by atoms with E-state index in [1.807, 2.05) is 0 Å². The molecule has 6 heteroatoms. The Labute approximate surface area is 133 Å². The number of hydrogen-bond donors (Lipinski definition) is 0. The van der Waals surface area contributed by atoms with Crippen LogP contribution in [0.1, 0.15) is 31.3 Å². The van der Waals surface area contributed by atoms with Crippen molar-refractivity contribution >= 4 is 9.73 Å². The van der Waals surface area contributed by atoms with Crippen molar-refractivity contribution < 1.29 is 13.4 Å². The lowest BCUT2D eigenvalue weighted by atomic mass is 9.94. The van der Waals surface area contributed by atoms with E-state index in [0.29, 0.717) is 11.5 Å². The van der Waals surface area contributed by atoms with E-state index < -0.39 is 9.73 Å². The molecule has 0 unspecified atom stereocenters. The van der Waals surface area contributed by atoms with Gasteiger partial charge in [-0.3, -0.25) is 4.90 Å². The molecule has 2 aliphatic rings. The van der Waals surface area contributed by atoms with Crippen LogP contribution in [0.4, 0.5) is 0 Å². The van der Waals surface area contributed by atoms with Crippen LogP contribution in [0.25, 0.3) is 0 Å². The quantitative estimate of drug-likeness (QED) is 0.855. The van der Waals surface area contributed by atoms with Crippen LogP contribution in [0.2, 0.25) is 0 Å². The van der Waals surface area contributed by atoms with Gasteiger partial charge in [0.25, 0.3) is 0 Å². The summed E-state index contributed by atoms with van der Waals surface area (Å²) in [6.07, 6.45) is 2.62. The second kappa shape index (κ2) is 6.34. The van der Waals surface area contributed by atoms with E-state index in [-0.39, 0.29) is 5.60 Å². The van der Waals surface area contributed by atoms with Gasteiger partial charge in [0, 0.05) is 47.8 Å². The van der Waals surface area contributed by atoms with Gasteiger partial charge in [0.05, 0.1) is 18.8 Å². The van der Waals surface area contributed by atoms with Gasteiger partial charge in [0.1, 0.15) is 11.5 Å². The maximum Gasteiger partial charge on any atom is 0.118 e. The molecule has 2 saturated heterocycles. The molecule has 0 radical (unpaired) electrons. The predicted octanol–water partition coefficient (Wildman–Crippen LogP) is 2.30. The van der Waals surface area contributed by atoms with Gasteiger partial charge in [-0.05, 0) is 25.0 Å². The number of aryl methyl sites for hydroxylation is 1. The molecule has 0 N–H and O–H groups in total. The fourth-order valence-electron chi connectivity index (χ4n) is 3.38. The first-order chi connectivity index (χ1) is 10.6. The lowest BCUT2D eigenvalue weighted by Crippen LogP contribution is -2.54. The summed E-state index contributed by atoms with van der Waals surface area (Å²) in [5.41, 5.74) is -0.135. The molecule has 0 atom stereocenters. The molecule has 2 fully saturated rings. The van der Waals surface area contributed by atoms with E-state index in [1.54, 1.807) is 7.05 Å². The van der Waals surface area contributed by atoms with Gasteiger partial charge in [0.2, 0.25) is 0 Å². The van der Waals surface area contributed by atoms with Gasteiger partial charge >= 0.3 is 0 Å². The van der Waals surface area contributed by atoms with E-state index >= 15 is 0 Å². The van der Waals surface area contributed by atoms with Crippen molar-refractivity contribution in [3.8, 4) is 0 Å². The van der Waals surface area contributed by atoms with Crippen molar-refractivity contribution in [3.05, 3.63) is 23.7 Å². The molecule has 3 heterocycles. The summed E-state index contributed by atoms with van der Waals surface area (Å²) in [4.78, 5) is 2.40. The van der Waals surface area contributed by atoms with Gasteiger partial charge in [-0.25, -0.2) is 8.57 Å². The number of rotatable bonds is 3. The Bertz CT molecular complexity index is 617. The lowest BCUT2D eigenvalue weighted by molar-refractivity contribution is -0.116. The SMILES string of the molecule is CCc1ccc(CN2CCOC3(CCS(=O)(=NC)CC3)C2)o1. The molecule has 3 rings (SSSR count). The zero-order valence-electron chi connectivity index (χ0n) is 13.5. The van der Waals surface area contributed by atoms with Crippen LogP contribution < -0.4 is 0 Å². The third kappa shape index (κ3) is 3.39. The van der Waals surface area contributed by atoms with Gasteiger partial charge < -0.3 is 9.15 Å². The van der Waals surface area contributed by atoms with E-state index in [0.717, 1.165) is 57.0 Å². The summed E-state index contributed by atoms with van der Waals surface area (Å²) in [5, 5.41) is 0. The Hall–Kier alpha value is -0.850. The smallest absolute Gasteiger partial charge is 0.118 e. The molecule has 5 nitrogen and oxygen atoms in total. The fraction of sp³-hybridized carbons (Fsp3) is 0.750. The first kappa shape index (κ1) is 16.0. The highest BCUT2D eigenvalue weighted by Crippen LogP contribution is 2.32. The zero-order chi connectivity index (χ0) is 15.6. The average Bonchev–Trinajstić information content (AvgIpc) is 2.99. The van der Waals surface area contributed by atoms with Crippen LogP contribution in [0, 0.1) is 0 Å². The van der Waals surface area contributed by atoms with Gasteiger partial charge in [-0.1, -0.05) is 6.92 Å². The molecule has 0 aromatic carbocycles. The highest BCUT2D eigenvalue weighted by Gasteiger charge is 2.41.